The zero-order chi connectivity index (χ0) is 16.0. The predicted molar refractivity (Wildman–Crippen MR) is 79.3 cm³/mol. The summed E-state index contributed by atoms with van der Waals surface area (Å²) in [4.78, 5) is 9.48. The third-order valence-electron chi connectivity index (χ3n) is 2.48. The average molecular weight is 294 g/mol. The minimum absolute atomic E-state index is 0.157. The number of nitro benzene ring substituents is 1. The summed E-state index contributed by atoms with van der Waals surface area (Å²) >= 11 is 0. The molecule has 0 spiro atoms. The first-order valence-corrected chi connectivity index (χ1v) is 5.73. The third-order valence-corrected chi connectivity index (χ3v) is 2.48. The van der Waals surface area contributed by atoms with E-state index < -0.39 is 10.7 Å². The lowest BCUT2D eigenvalue weighted by atomic mass is 10.2. The van der Waals surface area contributed by atoms with Crippen LogP contribution in [0.1, 0.15) is 0 Å². The molecule has 0 aromatic heterocycles. The Morgan fingerprint density at radius 3 is 2.19 bits per heavy atom. The summed E-state index contributed by atoms with van der Waals surface area (Å²) in [6, 6.07) is 8.12. The number of nitro groups is 1. The fourth-order valence-corrected chi connectivity index (χ4v) is 1.37. The van der Waals surface area contributed by atoms with E-state index in [1.165, 1.54) is 0 Å². The molecule has 0 aliphatic heterocycles. The van der Waals surface area contributed by atoms with Crippen LogP contribution in [0.15, 0.2) is 36.4 Å². The number of halogens is 1. The summed E-state index contributed by atoms with van der Waals surface area (Å²) in [5.41, 5.74) is 16.8. The summed E-state index contributed by atoms with van der Waals surface area (Å²) in [7, 11) is 1.59. The van der Waals surface area contributed by atoms with Crippen molar-refractivity contribution in [2.45, 2.75) is 0 Å². The van der Waals surface area contributed by atoms with Crippen molar-refractivity contribution in [3.63, 3.8) is 0 Å². The van der Waals surface area contributed by atoms with Crippen molar-refractivity contribution in [3.05, 3.63) is 52.3 Å². The molecule has 0 fully saturated rings. The van der Waals surface area contributed by atoms with Gasteiger partial charge in [0.2, 0.25) is 0 Å². The minimum atomic E-state index is -0.658. The smallest absolute Gasteiger partial charge is 0.292 e. The molecule has 2 aromatic carbocycles. The topological polar surface area (TPSA) is 130 Å². The number of hydrogen-bond acceptors (Lipinski definition) is 6. The molecule has 21 heavy (non-hydrogen) atoms. The molecular weight excluding hydrogens is 279 g/mol. The van der Waals surface area contributed by atoms with Crippen LogP contribution in [0.2, 0.25) is 0 Å². The van der Waals surface area contributed by atoms with Gasteiger partial charge in [-0.05, 0) is 18.2 Å². The van der Waals surface area contributed by atoms with Crippen LogP contribution in [0.4, 0.5) is 27.1 Å². The molecule has 0 aliphatic rings. The lowest BCUT2D eigenvalue weighted by Crippen LogP contribution is -1.95. The lowest BCUT2D eigenvalue weighted by Gasteiger charge is -2.02. The molecule has 0 amide bonds. The minimum Gasteiger partial charge on any atom is -0.497 e. The van der Waals surface area contributed by atoms with Gasteiger partial charge in [0.05, 0.1) is 23.4 Å². The van der Waals surface area contributed by atoms with Crippen LogP contribution in [0.25, 0.3) is 0 Å². The summed E-state index contributed by atoms with van der Waals surface area (Å²) in [6.07, 6.45) is 0. The van der Waals surface area contributed by atoms with Gasteiger partial charge >= 0.3 is 0 Å². The fraction of sp³-hybridized carbons (Fsp3) is 0.0769. The highest BCUT2D eigenvalue weighted by molar-refractivity contribution is 5.65. The van der Waals surface area contributed by atoms with Gasteiger partial charge in [-0.3, -0.25) is 10.1 Å². The number of ether oxygens (including phenoxy) is 1. The summed E-state index contributed by atoms with van der Waals surface area (Å²) in [5, 5.41) is 10.1. The second kappa shape index (κ2) is 6.94. The van der Waals surface area contributed by atoms with Gasteiger partial charge in [-0.15, -0.1) is 0 Å². The molecule has 7 nitrogen and oxygen atoms in total. The second-order valence-corrected chi connectivity index (χ2v) is 3.96. The Hall–Kier alpha value is -3.03. The van der Waals surface area contributed by atoms with E-state index in [0.717, 1.165) is 23.9 Å². The molecular formula is C13H15FN4O3. The first-order chi connectivity index (χ1) is 9.85. The Kier molecular flexibility index (Phi) is 5.30. The molecule has 0 radical (unpaired) electrons. The first kappa shape index (κ1) is 16.0. The summed E-state index contributed by atoms with van der Waals surface area (Å²) in [5.74, 6) is 0.153. The number of nitrogens with zero attached hydrogens (tertiary/aromatic N) is 1. The van der Waals surface area contributed by atoms with Gasteiger partial charge < -0.3 is 21.9 Å². The van der Waals surface area contributed by atoms with Crippen molar-refractivity contribution >= 4 is 22.7 Å². The molecule has 6 N–H and O–H groups in total. The van der Waals surface area contributed by atoms with Crippen LogP contribution in [0.3, 0.4) is 0 Å². The van der Waals surface area contributed by atoms with Crippen LogP contribution in [-0.4, -0.2) is 12.0 Å². The van der Waals surface area contributed by atoms with Crippen LogP contribution in [0, 0.1) is 15.9 Å². The van der Waals surface area contributed by atoms with Crippen molar-refractivity contribution in [3.8, 4) is 5.75 Å². The van der Waals surface area contributed by atoms with Crippen molar-refractivity contribution < 1.29 is 14.1 Å². The highest BCUT2D eigenvalue weighted by Crippen LogP contribution is 2.21. The van der Waals surface area contributed by atoms with E-state index in [2.05, 4.69) is 0 Å². The van der Waals surface area contributed by atoms with Gasteiger partial charge in [0.1, 0.15) is 17.3 Å². The average Bonchev–Trinajstić information content (AvgIpc) is 2.42. The normalized spacial score (nSPS) is 9.43. The van der Waals surface area contributed by atoms with E-state index in [4.69, 9.17) is 21.9 Å². The van der Waals surface area contributed by atoms with E-state index in [-0.39, 0.29) is 11.4 Å². The van der Waals surface area contributed by atoms with Crippen molar-refractivity contribution in [1.82, 2.24) is 0 Å². The number of benzene rings is 2. The van der Waals surface area contributed by atoms with E-state index in [1.54, 1.807) is 25.3 Å². The predicted octanol–water partition coefficient (Wildman–Crippen LogP) is 2.18. The molecule has 0 saturated carbocycles. The number of nitrogens with two attached hydrogens (primary N) is 3. The van der Waals surface area contributed by atoms with E-state index in [9.17, 15) is 14.5 Å². The summed E-state index contributed by atoms with van der Waals surface area (Å²) in [6.45, 7) is 0. The number of hydrogen-bond donors (Lipinski definition) is 3. The SMILES string of the molecule is COc1ccc(N)c(N)c1.Nc1cc(F)ccc1[N+](=O)[O-]. The van der Waals surface area contributed by atoms with Gasteiger partial charge in [0.15, 0.2) is 0 Å². The number of methoxy groups -OCH3 is 1. The molecule has 8 heteroatoms. The van der Waals surface area contributed by atoms with E-state index in [0.29, 0.717) is 11.4 Å². The van der Waals surface area contributed by atoms with E-state index in [1.807, 2.05) is 0 Å². The zero-order valence-corrected chi connectivity index (χ0v) is 11.2. The Labute approximate surface area is 120 Å². The molecule has 112 valence electrons. The molecule has 0 atom stereocenters. The Balaban J connectivity index is 0.000000211. The molecule has 0 heterocycles. The largest absolute Gasteiger partial charge is 0.497 e. The van der Waals surface area contributed by atoms with Crippen molar-refractivity contribution in [2.24, 2.45) is 0 Å². The zero-order valence-electron chi connectivity index (χ0n) is 11.2. The lowest BCUT2D eigenvalue weighted by molar-refractivity contribution is -0.383. The van der Waals surface area contributed by atoms with Gasteiger partial charge in [-0.1, -0.05) is 0 Å². The number of rotatable bonds is 2. The number of anilines is 3. The standard InChI is InChI=1S/C7H10N2O.C6H5FN2O2/c1-10-5-2-3-6(8)7(9)4-5;7-4-1-2-6(9(10)11)5(8)3-4/h2-4H,8-9H2,1H3;1-3H,8H2. The molecule has 2 aromatic rings. The quantitative estimate of drug-likeness (QED) is 0.442. The monoisotopic (exact) mass is 294 g/mol. The van der Waals surface area contributed by atoms with Crippen LogP contribution in [0.5, 0.6) is 5.75 Å². The molecule has 0 unspecified atom stereocenters. The third kappa shape index (κ3) is 4.53. The maximum Gasteiger partial charge on any atom is 0.292 e. The van der Waals surface area contributed by atoms with Crippen molar-refractivity contribution in [2.75, 3.05) is 24.3 Å². The number of nitrogen functional groups attached to an aromatic ring is 3. The molecule has 2 rings (SSSR count). The van der Waals surface area contributed by atoms with Crippen LogP contribution >= 0.6 is 0 Å². The molecule has 0 saturated heterocycles. The van der Waals surface area contributed by atoms with Gasteiger partial charge in [-0.25, -0.2) is 4.39 Å². The van der Waals surface area contributed by atoms with E-state index >= 15 is 0 Å². The summed E-state index contributed by atoms with van der Waals surface area (Å²) < 4.78 is 17.2. The molecule has 0 aliphatic carbocycles. The highest BCUT2D eigenvalue weighted by atomic mass is 19.1. The first-order valence-electron chi connectivity index (χ1n) is 5.73. The fourth-order valence-electron chi connectivity index (χ4n) is 1.37. The Morgan fingerprint density at radius 2 is 1.71 bits per heavy atom. The maximum absolute atomic E-state index is 12.3. The highest BCUT2D eigenvalue weighted by Gasteiger charge is 2.10. The Morgan fingerprint density at radius 1 is 1.05 bits per heavy atom. The van der Waals surface area contributed by atoms with Crippen LogP contribution < -0.4 is 21.9 Å². The maximum atomic E-state index is 12.3. The second-order valence-electron chi connectivity index (χ2n) is 3.96. The van der Waals surface area contributed by atoms with Crippen molar-refractivity contribution in [1.29, 1.82) is 0 Å². The van der Waals surface area contributed by atoms with Gasteiger partial charge in [0.25, 0.3) is 5.69 Å². The van der Waals surface area contributed by atoms with Crippen LogP contribution in [-0.2, 0) is 0 Å². The van der Waals surface area contributed by atoms with Gasteiger partial charge in [0, 0.05) is 18.2 Å². The van der Waals surface area contributed by atoms with Gasteiger partial charge in [-0.2, -0.15) is 0 Å². The molecule has 0 bridgehead atoms. The Bertz CT molecular complexity index is 649.